The Morgan fingerprint density at radius 3 is 2.12 bits per heavy atom. The molecule has 1 amide bonds. The lowest BCUT2D eigenvalue weighted by atomic mass is 10.0. The second-order valence-corrected chi connectivity index (χ2v) is 4.00. The van der Waals surface area contributed by atoms with Gasteiger partial charge in [0.2, 0.25) is 5.91 Å². The Hall–Kier alpha value is -1.02. The summed E-state index contributed by atoms with van der Waals surface area (Å²) in [6, 6.07) is -1.18. The van der Waals surface area contributed by atoms with Gasteiger partial charge < -0.3 is 30.5 Å². The van der Waals surface area contributed by atoms with E-state index in [9.17, 15) is 19.8 Å². The van der Waals surface area contributed by atoms with Crippen LogP contribution < -0.4 is 5.32 Å². The standard InChI is InChI=1S/C10H19NO6/c1-5(13)3-8(16)11-9(6(2)14)10(17)7(15)4-12/h4-7,9-10,13-15,17H,3H2,1-2H3,(H,11,16)/t5?,6-,7+,9-,10-/m1/s1. The molecule has 0 aliphatic heterocycles. The molecule has 0 aromatic rings. The molecule has 0 aromatic carbocycles. The normalized spacial score (nSPS) is 19.9. The summed E-state index contributed by atoms with van der Waals surface area (Å²) in [7, 11) is 0. The molecule has 1 unspecified atom stereocenters. The van der Waals surface area contributed by atoms with Gasteiger partial charge in [0, 0.05) is 0 Å². The van der Waals surface area contributed by atoms with Crippen LogP contribution in [0.25, 0.3) is 0 Å². The molecule has 7 nitrogen and oxygen atoms in total. The molecule has 5 N–H and O–H groups in total. The van der Waals surface area contributed by atoms with Gasteiger partial charge in [-0.3, -0.25) is 4.79 Å². The SMILES string of the molecule is CC(O)CC(=O)N[C@@H]([C@H](O)[C@@H](O)C=O)[C@@H](C)O. The summed E-state index contributed by atoms with van der Waals surface area (Å²) in [6.07, 6.45) is -5.41. The third kappa shape index (κ3) is 5.73. The minimum Gasteiger partial charge on any atom is -0.393 e. The van der Waals surface area contributed by atoms with Gasteiger partial charge >= 0.3 is 0 Å². The monoisotopic (exact) mass is 249 g/mol. The maximum absolute atomic E-state index is 11.3. The first-order valence-corrected chi connectivity index (χ1v) is 5.26. The summed E-state index contributed by atoms with van der Waals surface area (Å²) in [5.74, 6) is -0.594. The second-order valence-electron chi connectivity index (χ2n) is 4.00. The number of aliphatic hydroxyl groups excluding tert-OH is 4. The van der Waals surface area contributed by atoms with E-state index in [1.54, 1.807) is 0 Å². The third-order valence-electron chi connectivity index (χ3n) is 2.19. The number of nitrogens with one attached hydrogen (secondary N) is 1. The first kappa shape index (κ1) is 16.0. The molecule has 0 saturated heterocycles. The van der Waals surface area contributed by atoms with Crippen LogP contribution in [-0.2, 0) is 9.59 Å². The highest BCUT2D eigenvalue weighted by Gasteiger charge is 2.31. The smallest absolute Gasteiger partial charge is 0.222 e. The zero-order valence-corrected chi connectivity index (χ0v) is 9.78. The molecule has 0 fully saturated rings. The molecular formula is C10H19NO6. The molecule has 0 rings (SSSR count). The van der Waals surface area contributed by atoms with Crippen molar-refractivity contribution in [2.75, 3.05) is 0 Å². The number of hydrogen-bond donors (Lipinski definition) is 5. The van der Waals surface area contributed by atoms with E-state index in [-0.39, 0.29) is 12.7 Å². The molecule has 17 heavy (non-hydrogen) atoms. The van der Waals surface area contributed by atoms with Crippen molar-refractivity contribution in [3.05, 3.63) is 0 Å². The van der Waals surface area contributed by atoms with Gasteiger partial charge in [0.25, 0.3) is 0 Å². The molecule has 7 heteroatoms. The maximum Gasteiger partial charge on any atom is 0.222 e. The van der Waals surface area contributed by atoms with E-state index in [4.69, 9.17) is 10.2 Å². The van der Waals surface area contributed by atoms with Crippen LogP contribution in [0.2, 0.25) is 0 Å². The van der Waals surface area contributed by atoms with Crippen molar-refractivity contribution in [3.8, 4) is 0 Å². The number of rotatable bonds is 7. The summed E-state index contributed by atoms with van der Waals surface area (Å²) >= 11 is 0. The van der Waals surface area contributed by atoms with E-state index < -0.39 is 36.4 Å². The molecule has 5 atom stereocenters. The molecule has 0 radical (unpaired) electrons. The van der Waals surface area contributed by atoms with Gasteiger partial charge in [-0.2, -0.15) is 0 Å². The van der Waals surface area contributed by atoms with Gasteiger partial charge in [0.05, 0.1) is 24.7 Å². The number of amides is 1. The molecule has 0 heterocycles. The van der Waals surface area contributed by atoms with Crippen molar-refractivity contribution in [1.29, 1.82) is 0 Å². The Morgan fingerprint density at radius 2 is 1.76 bits per heavy atom. The molecule has 0 spiro atoms. The molecule has 0 saturated carbocycles. The first-order valence-electron chi connectivity index (χ1n) is 5.26. The van der Waals surface area contributed by atoms with Crippen molar-refractivity contribution in [3.63, 3.8) is 0 Å². The number of carbonyl (C=O) groups excluding carboxylic acids is 2. The molecule has 0 aromatic heterocycles. The van der Waals surface area contributed by atoms with E-state index in [0.29, 0.717) is 0 Å². The number of carbonyl (C=O) groups is 2. The summed E-state index contributed by atoms with van der Waals surface area (Å²) in [4.78, 5) is 21.6. The van der Waals surface area contributed by atoms with Crippen LogP contribution in [0.4, 0.5) is 0 Å². The summed E-state index contributed by atoms with van der Waals surface area (Å²) in [5.41, 5.74) is 0. The van der Waals surface area contributed by atoms with Gasteiger partial charge in [0.15, 0.2) is 6.29 Å². The van der Waals surface area contributed by atoms with Crippen molar-refractivity contribution < 1.29 is 30.0 Å². The van der Waals surface area contributed by atoms with E-state index in [2.05, 4.69) is 5.32 Å². The summed E-state index contributed by atoms with van der Waals surface area (Å²) < 4.78 is 0. The van der Waals surface area contributed by atoms with Crippen LogP contribution in [-0.4, -0.2) is 63.1 Å². The zero-order valence-electron chi connectivity index (χ0n) is 9.78. The third-order valence-corrected chi connectivity index (χ3v) is 2.19. The van der Waals surface area contributed by atoms with Crippen molar-refractivity contribution in [2.24, 2.45) is 0 Å². The first-order chi connectivity index (χ1) is 7.79. The van der Waals surface area contributed by atoms with E-state index in [1.165, 1.54) is 13.8 Å². The Balaban J connectivity index is 4.53. The fourth-order valence-corrected chi connectivity index (χ4v) is 1.30. The summed E-state index contributed by atoms with van der Waals surface area (Å²) in [5, 5.41) is 39.2. The van der Waals surface area contributed by atoms with E-state index in [1.807, 2.05) is 0 Å². The van der Waals surface area contributed by atoms with E-state index in [0.717, 1.165) is 0 Å². The Kier molecular flexibility index (Phi) is 6.89. The number of hydrogen-bond acceptors (Lipinski definition) is 6. The van der Waals surface area contributed by atoms with Crippen LogP contribution >= 0.6 is 0 Å². The highest BCUT2D eigenvalue weighted by atomic mass is 16.3. The number of aldehydes is 1. The van der Waals surface area contributed by atoms with Crippen LogP contribution in [0.3, 0.4) is 0 Å². The van der Waals surface area contributed by atoms with Crippen LogP contribution in [0.5, 0.6) is 0 Å². The topological polar surface area (TPSA) is 127 Å². The number of aliphatic hydroxyl groups is 4. The fraction of sp³-hybridized carbons (Fsp3) is 0.800. The highest BCUT2D eigenvalue weighted by Crippen LogP contribution is 2.05. The Bertz CT molecular complexity index is 255. The Morgan fingerprint density at radius 1 is 1.24 bits per heavy atom. The molecule has 0 bridgehead atoms. The van der Waals surface area contributed by atoms with Crippen molar-refractivity contribution >= 4 is 12.2 Å². The molecular weight excluding hydrogens is 230 g/mol. The minimum absolute atomic E-state index is 0.112. The van der Waals surface area contributed by atoms with Gasteiger partial charge in [-0.25, -0.2) is 0 Å². The lowest BCUT2D eigenvalue weighted by molar-refractivity contribution is -0.130. The summed E-state index contributed by atoms with van der Waals surface area (Å²) in [6.45, 7) is 2.71. The average Bonchev–Trinajstić information content (AvgIpc) is 2.22. The maximum atomic E-state index is 11.3. The lowest BCUT2D eigenvalue weighted by Gasteiger charge is -2.27. The second kappa shape index (κ2) is 7.33. The lowest BCUT2D eigenvalue weighted by Crippen LogP contribution is -2.54. The van der Waals surface area contributed by atoms with Crippen molar-refractivity contribution in [2.45, 2.75) is 50.7 Å². The fourth-order valence-electron chi connectivity index (χ4n) is 1.30. The van der Waals surface area contributed by atoms with Gasteiger partial charge in [-0.1, -0.05) is 0 Å². The van der Waals surface area contributed by atoms with Gasteiger partial charge in [0.1, 0.15) is 12.2 Å². The van der Waals surface area contributed by atoms with E-state index >= 15 is 0 Å². The minimum atomic E-state index is -1.69. The van der Waals surface area contributed by atoms with Gasteiger partial charge in [-0.05, 0) is 13.8 Å². The van der Waals surface area contributed by atoms with Crippen LogP contribution in [0, 0.1) is 0 Å². The molecule has 100 valence electrons. The largest absolute Gasteiger partial charge is 0.393 e. The van der Waals surface area contributed by atoms with Crippen LogP contribution in [0.1, 0.15) is 20.3 Å². The molecule has 0 aliphatic carbocycles. The average molecular weight is 249 g/mol. The highest BCUT2D eigenvalue weighted by molar-refractivity contribution is 5.77. The quantitative estimate of drug-likeness (QED) is 0.319. The van der Waals surface area contributed by atoms with Crippen LogP contribution in [0.15, 0.2) is 0 Å². The predicted molar refractivity (Wildman–Crippen MR) is 58.0 cm³/mol. The van der Waals surface area contributed by atoms with Crippen molar-refractivity contribution in [1.82, 2.24) is 5.32 Å². The molecule has 0 aliphatic rings. The Labute approximate surface area is 99.1 Å². The predicted octanol–water partition coefficient (Wildman–Crippen LogP) is -2.46. The van der Waals surface area contributed by atoms with Gasteiger partial charge in [-0.15, -0.1) is 0 Å². The zero-order chi connectivity index (χ0) is 13.6.